The third-order valence-corrected chi connectivity index (χ3v) is 5.21. The Bertz CT molecular complexity index is 249. The van der Waals surface area contributed by atoms with Crippen LogP contribution in [-0.4, -0.2) is 29.1 Å². The monoisotopic (exact) mass is 224 g/mol. The predicted octanol–water partition coefficient (Wildman–Crippen LogP) is 2.77. The molecule has 0 aromatic carbocycles. The second-order valence-electron chi connectivity index (χ2n) is 6.52. The zero-order chi connectivity index (χ0) is 11.8. The van der Waals surface area contributed by atoms with Crippen LogP contribution in [0.15, 0.2) is 0 Å². The smallest absolute Gasteiger partial charge is 0.0362 e. The maximum Gasteiger partial charge on any atom is 0.0362 e. The fourth-order valence-electron chi connectivity index (χ4n) is 4.14. The minimum atomic E-state index is 0.304. The molecule has 1 saturated carbocycles. The largest absolute Gasteiger partial charge is 0.329 e. The highest BCUT2D eigenvalue weighted by molar-refractivity contribution is 5.05. The van der Waals surface area contributed by atoms with Gasteiger partial charge in [-0.25, -0.2) is 0 Å². The molecule has 2 fully saturated rings. The first-order valence-corrected chi connectivity index (χ1v) is 7.01. The molecular weight excluding hydrogens is 196 g/mol. The lowest BCUT2D eigenvalue weighted by atomic mass is 9.71. The van der Waals surface area contributed by atoms with Gasteiger partial charge >= 0.3 is 0 Å². The summed E-state index contributed by atoms with van der Waals surface area (Å²) in [5, 5.41) is 0. The Labute approximate surface area is 101 Å². The van der Waals surface area contributed by atoms with Crippen molar-refractivity contribution >= 4 is 0 Å². The molecule has 0 aromatic heterocycles. The van der Waals surface area contributed by atoms with Gasteiger partial charge in [0.05, 0.1) is 0 Å². The average molecular weight is 224 g/mol. The molecule has 0 radical (unpaired) electrons. The summed E-state index contributed by atoms with van der Waals surface area (Å²) in [7, 11) is 0. The van der Waals surface area contributed by atoms with Crippen molar-refractivity contribution in [3.05, 3.63) is 0 Å². The van der Waals surface area contributed by atoms with E-state index in [1.54, 1.807) is 0 Å². The molecule has 2 nitrogen and oxygen atoms in total. The maximum atomic E-state index is 6.19. The average Bonchev–Trinajstić information content (AvgIpc) is 2.60. The molecule has 16 heavy (non-hydrogen) atoms. The van der Waals surface area contributed by atoms with Crippen molar-refractivity contribution < 1.29 is 0 Å². The molecule has 2 N–H and O–H groups in total. The molecule has 2 rings (SSSR count). The second-order valence-corrected chi connectivity index (χ2v) is 6.52. The first kappa shape index (κ1) is 12.4. The van der Waals surface area contributed by atoms with E-state index >= 15 is 0 Å². The molecule has 94 valence electrons. The van der Waals surface area contributed by atoms with Crippen molar-refractivity contribution in [1.29, 1.82) is 0 Å². The Morgan fingerprint density at radius 2 is 1.94 bits per heavy atom. The zero-order valence-electron chi connectivity index (χ0n) is 11.3. The fourth-order valence-corrected chi connectivity index (χ4v) is 4.14. The number of nitrogens with zero attached hydrogens (tertiary/aromatic N) is 1. The lowest BCUT2D eigenvalue weighted by Crippen LogP contribution is -2.63. The summed E-state index contributed by atoms with van der Waals surface area (Å²) in [6.07, 6.45) is 8.13. The quantitative estimate of drug-likeness (QED) is 0.781. The standard InChI is InChI=1S/C14H28N2/c1-12-7-4-5-9-14(12,11-15)16-10-6-8-13(16,2)3/h12H,4-11,15H2,1-3H3. The van der Waals surface area contributed by atoms with Crippen molar-refractivity contribution in [2.24, 2.45) is 11.7 Å². The van der Waals surface area contributed by atoms with E-state index in [1.165, 1.54) is 45.1 Å². The molecule has 0 aromatic rings. The molecular formula is C14H28N2. The van der Waals surface area contributed by atoms with Crippen LogP contribution in [0.3, 0.4) is 0 Å². The number of nitrogens with two attached hydrogens (primary N) is 1. The summed E-state index contributed by atoms with van der Waals surface area (Å²) in [6.45, 7) is 9.32. The Morgan fingerprint density at radius 3 is 2.44 bits per heavy atom. The normalized spacial score (nSPS) is 40.1. The van der Waals surface area contributed by atoms with E-state index in [9.17, 15) is 0 Å². The van der Waals surface area contributed by atoms with Crippen LogP contribution in [-0.2, 0) is 0 Å². The molecule has 2 heteroatoms. The van der Waals surface area contributed by atoms with Gasteiger partial charge in [-0.15, -0.1) is 0 Å². The minimum Gasteiger partial charge on any atom is -0.329 e. The van der Waals surface area contributed by atoms with Crippen LogP contribution in [0.2, 0.25) is 0 Å². The highest BCUT2D eigenvalue weighted by Crippen LogP contribution is 2.44. The molecule has 2 aliphatic rings. The first-order chi connectivity index (χ1) is 7.53. The van der Waals surface area contributed by atoms with Crippen molar-refractivity contribution in [2.45, 2.75) is 70.4 Å². The minimum absolute atomic E-state index is 0.304. The lowest BCUT2D eigenvalue weighted by Gasteiger charge is -2.53. The summed E-state index contributed by atoms with van der Waals surface area (Å²) in [6, 6.07) is 0. The predicted molar refractivity (Wildman–Crippen MR) is 69.4 cm³/mol. The molecule has 1 saturated heterocycles. The Morgan fingerprint density at radius 1 is 1.19 bits per heavy atom. The zero-order valence-corrected chi connectivity index (χ0v) is 11.3. The van der Waals surface area contributed by atoms with Gasteiger partial charge in [-0.05, 0) is 52.0 Å². The Hall–Kier alpha value is -0.0800. The third kappa shape index (κ3) is 1.80. The molecule has 2 atom stereocenters. The summed E-state index contributed by atoms with van der Waals surface area (Å²) in [4.78, 5) is 2.75. The topological polar surface area (TPSA) is 29.3 Å². The van der Waals surface area contributed by atoms with Gasteiger partial charge in [-0.3, -0.25) is 4.90 Å². The van der Waals surface area contributed by atoms with Gasteiger partial charge in [-0.1, -0.05) is 19.8 Å². The summed E-state index contributed by atoms with van der Waals surface area (Å²) in [5.41, 5.74) is 6.86. The van der Waals surface area contributed by atoms with Gasteiger partial charge in [0.1, 0.15) is 0 Å². The Kier molecular flexibility index (Phi) is 3.33. The van der Waals surface area contributed by atoms with Crippen LogP contribution in [0, 0.1) is 5.92 Å². The molecule has 0 spiro atoms. The van der Waals surface area contributed by atoms with Crippen molar-refractivity contribution in [1.82, 2.24) is 4.90 Å². The van der Waals surface area contributed by atoms with E-state index in [1.807, 2.05) is 0 Å². The van der Waals surface area contributed by atoms with Gasteiger partial charge in [0.15, 0.2) is 0 Å². The highest BCUT2D eigenvalue weighted by atomic mass is 15.3. The molecule has 1 heterocycles. The van der Waals surface area contributed by atoms with Gasteiger partial charge in [-0.2, -0.15) is 0 Å². The van der Waals surface area contributed by atoms with Crippen LogP contribution in [0.4, 0.5) is 0 Å². The second kappa shape index (κ2) is 4.30. The maximum absolute atomic E-state index is 6.19. The van der Waals surface area contributed by atoms with Crippen LogP contribution >= 0.6 is 0 Å². The summed E-state index contributed by atoms with van der Waals surface area (Å²) < 4.78 is 0. The molecule has 1 aliphatic carbocycles. The Balaban J connectivity index is 2.26. The number of rotatable bonds is 2. The van der Waals surface area contributed by atoms with Crippen LogP contribution in [0.5, 0.6) is 0 Å². The number of hydrogen-bond acceptors (Lipinski definition) is 2. The van der Waals surface area contributed by atoms with Crippen LogP contribution < -0.4 is 5.73 Å². The van der Waals surface area contributed by atoms with E-state index in [2.05, 4.69) is 25.7 Å². The molecule has 0 amide bonds. The van der Waals surface area contributed by atoms with E-state index in [4.69, 9.17) is 5.73 Å². The van der Waals surface area contributed by atoms with Gasteiger partial charge < -0.3 is 5.73 Å². The van der Waals surface area contributed by atoms with E-state index < -0.39 is 0 Å². The fraction of sp³-hybridized carbons (Fsp3) is 1.00. The SMILES string of the molecule is CC1CCCCC1(CN)N1CCCC1(C)C. The van der Waals surface area contributed by atoms with E-state index in [0.717, 1.165) is 12.5 Å². The summed E-state index contributed by atoms with van der Waals surface area (Å²) in [5.74, 6) is 0.767. The molecule has 0 bridgehead atoms. The van der Waals surface area contributed by atoms with E-state index in [0.29, 0.717) is 11.1 Å². The number of hydrogen-bond donors (Lipinski definition) is 1. The third-order valence-electron chi connectivity index (χ3n) is 5.21. The van der Waals surface area contributed by atoms with Gasteiger partial charge in [0.25, 0.3) is 0 Å². The lowest BCUT2D eigenvalue weighted by molar-refractivity contribution is -0.0272. The van der Waals surface area contributed by atoms with Crippen molar-refractivity contribution in [3.63, 3.8) is 0 Å². The van der Waals surface area contributed by atoms with Crippen LogP contribution in [0.25, 0.3) is 0 Å². The summed E-state index contributed by atoms with van der Waals surface area (Å²) >= 11 is 0. The van der Waals surface area contributed by atoms with Gasteiger partial charge in [0, 0.05) is 17.6 Å². The molecule has 2 unspecified atom stereocenters. The highest BCUT2D eigenvalue weighted by Gasteiger charge is 2.49. The van der Waals surface area contributed by atoms with Crippen molar-refractivity contribution in [3.8, 4) is 0 Å². The molecule has 1 aliphatic heterocycles. The van der Waals surface area contributed by atoms with E-state index in [-0.39, 0.29) is 0 Å². The van der Waals surface area contributed by atoms with Crippen LogP contribution in [0.1, 0.15) is 59.3 Å². The first-order valence-electron chi connectivity index (χ1n) is 7.01. The number of likely N-dealkylation sites (tertiary alicyclic amines) is 1. The van der Waals surface area contributed by atoms with Crippen molar-refractivity contribution in [2.75, 3.05) is 13.1 Å². The van der Waals surface area contributed by atoms with Gasteiger partial charge in [0.2, 0.25) is 0 Å².